The molecule has 4 aliphatic rings. The summed E-state index contributed by atoms with van der Waals surface area (Å²) in [6, 6.07) is 74.6. The molecule has 9 aromatic carbocycles. The molecule has 0 saturated carbocycles. The molecular weight excluding hydrogens is 1820 g/mol. The van der Waals surface area contributed by atoms with Crippen LogP contribution in [-0.2, 0) is 10.2 Å². The number of anilines is 4. The highest BCUT2D eigenvalue weighted by Crippen LogP contribution is 2.47. The fourth-order valence-electron chi connectivity index (χ4n) is 18.7. The number of nitriles is 5. The van der Waals surface area contributed by atoms with Gasteiger partial charge in [0.25, 0.3) is 17.1 Å². The number of hydrogen-bond acceptors (Lipinski definition) is 19. The molecule has 0 heterocycles. The quantitative estimate of drug-likeness (QED) is 0.0116. The molecule has 22 nitrogen and oxygen atoms in total. The first kappa shape index (κ1) is 106. The molecule has 0 amide bonds. The summed E-state index contributed by atoms with van der Waals surface area (Å²) in [5, 5.41) is 48.2. The second kappa shape index (κ2) is 47.9. The van der Waals surface area contributed by atoms with E-state index in [1.165, 1.54) is 6.92 Å². The summed E-state index contributed by atoms with van der Waals surface area (Å²) in [6.07, 6.45) is 30.1. The molecule has 9 aromatic rings. The smallest absolute Gasteiger partial charge is 0.343 e. The molecule has 13 rings (SSSR count). The molecule has 0 saturated heterocycles. The summed E-state index contributed by atoms with van der Waals surface area (Å²) in [4.78, 5) is 60.4. The minimum atomic E-state index is -0.943. The Morgan fingerprint density at radius 2 is 0.568 bits per heavy atom. The maximum atomic E-state index is 14.7. The SMILES string of the molecule is [C-]#[N+]C(C#N)=C1C=C(C=Cc2ccc(N(C)CCOc3cc(OCCN(C)c4ccc(C=CC5=CC(=C(C#N)C#N)CC(C)(C)C5)cc4)cc(C(=O)Oc4ccc(C(C)(c5ccc(OC(C)=O)cc5)c5ccc(OC(=O)c6cc(OCCN(C)c7ccc(C=CC8=CC(=C(C#N)[N+]#[C-])CC(C)(C)C8)cc7)cc(OCCN(C)c7ccc(C=CC8=CC(=C(C#N)[N+]#[C-])CC(C)(C)C8)cc7)c6)cc5)cc4)c3)cc2)CC(C)(C)C1. The van der Waals surface area contributed by atoms with E-state index < -0.39 is 23.3 Å². The monoisotopic (exact) mass is 1940 g/mol. The number of hydrogen-bond donors (Lipinski definition) is 0. The number of esters is 3. The standard InChI is InChI=1S/C124H120N12O10/c1-85(137)144-108-48-34-101(35-49-108)124(10,102-36-50-109(51-37-102)145-118(138)94-66-111(140-58-54-133(14)104-40-26-86(27-41-104)18-22-90-62-96(100(80-125)81-126)76-120(2,3)72-90)70-112(67-94)141-59-55-134(15)105-42-28-87(29-43-105)19-23-91-63-97(115(82-127)130-11)77-121(4,5)73-91)103-38-52-110(53-39-103)146-119(139)95-68-113(142-60-56-135(16)106-44-30-88(31-45-106)20-24-92-64-98(116(83-128)131-12)78-122(6,7)74-92)71-114(69-95)143-61-57-136(17)107-46-32-89(33-47-107)21-25-93-65-99(117(84-129)132-13)79-123(8,9)75-93/h18-53,62-71H,54-61,72-79H2,1-10,14-17H3. The Morgan fingerprint density at radius 1 is 0.329 bits per heavy atom. The van der Waals surface area contributed by atoms with Crippen LogP contribution in [0.3, 0.4) is 0 Å². The molecule has 0 aromatic heterocycles. The minimum absolute atomic E-state index is 0.104. The Hall–Kier alpha value is -17.4. The van der Waals surface area contributed by atoms with Gasteiger partial charge in [0.05, 0.1) is 75.2 Å². The lowest BCUT2D eigenvalue weighted by Crippen LogP contribution is -2.25. The van der Waals surface area contributed by atoms with Gasteiger partial charge in [0.15, 0.2) is 0 Å². The zero-order valence-electron chi connectivity index (χ0n) is 85.3. The number of likely N-dealkylation sites (N-methyl/N-ethyl adjacent to an activating group) is 4. The van der Waals surface area contributed by atoms with Crippen molar-refractivity contribution >= 4 is 65.0 Å². The normalized spacial score (nSPS) is 16.3. The van der Waals surface area contributed by atoms with Crippen molar-refractivity contribution in [3.05, 3.63) is 406 Å². The molecule has 0 bridgehead atoms. The molecule has 1 unspecified atom stereocenters. The zero-order chi connectivity index (χ0) is 104. The third kappa shape index (κ3) is 29.0. The molecule has 146 heavy (non-hydrogen) atoms. The Morgan fingerprint density at radius 3 is 0.801 bits per heavy atom. The molecule has 22 heteroatoms. The highest BCUT2D eigenvalue weighted by molar-refractivity contribution is 5.93. The van der Waals surface area contributed by atoms with Crippen LogP contribution in [0.25, 0.3) is 38.8 Å². The van der Waals surface area contributed by atoms with Crippen molar-refractivity contribution < 1.29 is 47.5 Å². The second-order valence-corrected chi connectivity index (χ2v) is 40.6. The molecule has 0 N–H and O–H groups in total. The van der Waals surface area contributed by atoms with Crippen LogP contribution < -0.4 is 52.8 Å². The summed E-state index contributed by atoms with van der Waals surface area (Å²) < 4.78 is 43.9. The van der Waals surface area contributed by atoms with Crippen LogP contribution in [0.4, 0.5) is 22.7 Å². The fraction of sp³-hybridized carbons (Fsp3) is 0.282. The van der Waals surface area contributed by atoms with E-state index in [0.717, 1.165) is 132 Å². The van der Waals surface area contributed by atoms with Gasteiger partial charge in [-0.2, -0.15) is 10.5 Å². The van der Waals surface area contributed by atoms with Gasteiger partial charge in [0, 0.05) is 75.4 Å². The van der Waals surface area contributed by atoms with Gasteiger partial charge in [-0.15, -0.1) is 0 Å². The first-order valence-electron chi connectivity index (χ1n) is 48.5. The van der Waals surface area contributed by atoms with Crippen molar-refractivity contribution in [2.75, 3.05) is 100 Å². The predicted octanol–water partition coefficient (Wildman–Crippen LogP) is 26.9. The molecule has 4 aliphatic carbocycles. The van der Waals surface area contributed by atoms with E-state index in [4.69, 9.17) is 52.9 Å². The Kier molecular flexibility index (Phi) is 34.8. The van der Waals surface area contributed by atoms with E-state index in [1.54, 1.807) is 72.8 Å². The molecule has 0 fully saturated rings. The number of nitrogens with zero attached hydrogens (tertiary/aromatic N) is 12. The molecule has 0 radical (unpaired) electrons. The molecule has 736 valence electrons. The largest absolute Gasteiger partial charge is 0.492 e. The number of allylic oxidation sites excluding steroid dienone is 20. The summed E-state index contributed by atoms with van der Waals surface area (Å²) in [5.74, 6) is 0.561. The third-order valence-electron chi connectivity index (χ3n) is 26.2. The minimum Gasteiger partial charge on any atom is -0.492 e. The van der Waals surface area contributed by atoms with Crippen molar-refractivity contribution in [3.63, 3.8) is 0 Å². The third-order valence-corrected chi connectivity index (χ3v) is 26.2. The van der Waals surface area contributed by atoms with Crippen LogP contribution >= 0.6 is 0 Å². The Bertz CT molecular complexity index is 6370. The number of ether oxygens (including phenoxy) is 7. The topological polar surface area (TPSA) is 261 Å². The van der Waals surface area contributed by atoms with Crippen molar-refractivity contribution in [1.82, 2.24) is 0 Å². The van der Waals surface area contributed by atoms with Gasteiger partial charge in [-0.25, -0.2) is 39.9 Å². The van der Waals surface area contributed by atoms with E-state index in [-0.39, 0.29) is 93.4 Å². The van der Waals surface area contributed by atoms with Gasteiger partial charge in [-0.05, 0) is 273 Å². The first-order valence-corrected chi connectivity index (χ1v) is 48.5. The first-order chi connectivity index (χ1) is 69.9. The van der Waals surface area contributed by atoms with E-state index in [2.05, 4.69) is 144 Å². The lowest BCUT2D eigenvalue weighted by atomic mass is 9.71. The van der Waals surface area contributed by atoms with E-state index in [0.29, 0.717) is 80.6 Å². The number of carbonyl (C=O) groups is 3. The Labute approximate surface area is 858 Å². The van der Waals surface area contributed by atoms with Crippen molar-refractivity contribution in [1.29, 1.82) is 26.3 Å². The van der Waals surface area contributed by atoms with Crippen LogP contribution in [0.5, 0.6) is 40.2 Å². The van der Waals surface area contributed by atoms with Gasteiger partial charge < -0.3 is 52.8 Å². The van der Waals surface area contributed by atoms with E-state index in [9.17, 15) is 40.7 Å². The van der Waals surface area contributed by atoms with Crippen LogP contribution in [-0.4, -0.2) is 98.7 Å². The molecule has 1 atom stereocenters. The summed E-state index contributed by atoms with van der Waals surface area (Å²) >= 11 is 0. The van der Waals surface area contributed by atoms with E-state index >= 15 is 0 Å². The van der Waals surface area contributed by atoms with Crippen LogP contribution in [0.1, 0.15) is 180 Å². The number of rotatable bonds is 36. The maximum absolute atomic E-state index is 14.7. The van der Waals surface area contributed by atoms with Gasteiger partial charge in [-0.1, -0.05) is 213 Å². The molecule has 0 spiro atoms. The summed E-state index contributed by atoms with van der Waals surface area (Å²) in [7, 11) is 7.90. The summed E-state index contributed by atoms with van der Waals surface area (Å²) in [6.45, 7) is 46.0. The van der Waals surface area contributed by atoms with Crippen LogP contribution in [0, 0.1) is 98.0 Å². The number of carbonyl (C=O) groups excluding carboxylic acids is 3. The molecule has 0 aliphatic heterocycles. The van der Waals surface area contributed by atoms with Gasteiger partial charge in [-0.3, -0.25) is 4.79 Å². The van der Waals surface area contributed by atoms with Crippen molar-refractivity contribution in [2.24, 2.45) is 21.7 Å². The lowest BCUT2D eigenvalue weighted by Gasteiger charge is -2.32. The van der Waals surface area contributed by atoms with Crippen LogP contribution in [0.15, 0.2) is 322 Å². The average molecular weight is 1940 g/mol. The molecular formula is C124H120N12O10. The van der Waals surface area contributed by atoms with Gasteiger partial charge >= 0.3 is 17.9 Å². The zero-order valence-corrected chi connectivity index (χ0v) is 85.3. The Balaban J connectivity index is 0.712. The van der Waals surface area contributed by atoms with Crippen LogP contribution in [0.2, 0.25) is 0 Å². The van der Waals surface area contributed by atoms with Gasteiger partial charge in [0.1, 0.15) is 84.4 Å². The van der Waals surface area contributed by atoms with Crippen molar-refractivity contribution in [3.8, 4) is 70.6 Å². The predicted molar refractivity (Wildman–Crippen MR) is 576 cm³/mol. The second-order valence-electron chi connectivity index (χ2n) is 40.6. The number of benzene rings is 9. The van der Waals surface area contributed by atoms with Gasteiger partial charge in [0.2, 0.25) is 0 Å². The highest BCUT2D eigenvalue weighted by atomic mass is 16.5. The summed E-state index contributed by atoms with van der Waals surface area (Å²) in [5.41, 5.74) is 16.8. The maximum Gasteiger partial charge on any atom is 0.343 e. The van der Waals surface area contributed by atoms with Crippen molar-refractivity contribution in [2.45, 2.75) is 126 Å². The lowest BCUT2D eigenvalue weighted by molar-refractivity contribution is -0.131. The average Bonchev–Trinajstić information content (AvgIpc) is 0.757. The van der Waals surface area contributed by atoms with E-state index in [1.807, 2.05) is 217 Å². The fourth-order valence-corrected chi connectivity index (χ4v) is 18.7. The highest BCUT2D eigenvalue weighted by Gasteiger charge is 2.35.